The minimum absolute atomic E-state index is 0.353. The quantitative estimate of drug-likeness (QED) is 0.723. The van der Waals surface area contributed by atoms with Crippen LogP contribution in [0.1, 0.15) is 19.3 Å². The molecule has 112 valence electrons. The van der Waals surface area contributed by atoms with Crippen LogP contribution in [0.4, 0.5) is 14.5 Å². The summed E-state index contributed by atoms with van der Waals surface area (Å²) in [5.41, 5.74) is 0.727. The van der Waals surface area contributed by atoms with Gasteiger partial charge in [0.05, 0.1) is 4.90 Å². The smallest absolute Gasteiger partial charge is 0.341 e. The molecule has 20 heavy (non-hydrogen) atoms. The highest BCUT2D eigenvalue weighted by Gasteiger charge is 2.26. The maximum absolute atomic E-state index is 12.3. The second-order valence-electron chi connectivity index (χ2n) is 4.84. The van der Waals surface area contributed by atoms with Crippen LogP contribution in [0.15, 0.2) is 29.2 Å². The second kappa shape index (κ2) is 6.49. The van der Waals surface area contributed by atoms with E-state index in [0.29, 0.717) is 6.04 Å². The summed E-state index contributed by atoms with van der Waals surface area (Å²) in [6.45, 7) is 1.69. The van der Waals surface area contributed by atoms with Crippen molar-refractivity contribution < 1.29 is 17.2 Å². The maximum Gasteiger partial charge on any atom is 0.341 e. The van der Waals surface area contributed by atoms with Gasteiger partial charge in [-0.2, -0.15) is 8.78 Å². The molecule has 0 amide bonds. The van der Waals surface area contributed by atoms with Crippen LogP contribution in [0.2, 0.25) is 0 Å². The monoisotopic (exact) mass is 304 g/mol. The standard InChI is InChI=1S/C13H18F2N2O2S/c14-13(15)20(18,19)12-6-4-11(5-7-12)17-9-1-8-16-10-2-3-10/h4-7,10,13,16-17H,1-3,8-9H2. The molecule has 1 saturated carbocycles. The number of hydrogen-bond acceptors (Lipinski definition) is 4. The van der Waals surface area contributed by atoms with Crippen molar-refractivity contribution in [1.82, 2.24) is 5.32 Å². The van der Waals surface area contributed by atoms with Crippen molar-refractivity contribution in [2.24, 2.45) is 0 Å². The van der Waals surface area contributed by atoms with Gasteiger partial charge in [0.25, 0.3) is 0 Å². The molecule has 0 bridgehead atoms. The fourth-order valence-corrected chi connectivity index (χ4v) is 2.50. The van der Waals surface area contributed by atoms with E-state index in [4.69, 9.17) is 0 Å². The van der Waals surface area contributed by atoms with Gasteiger partial charge in [-0.05, 0) is 50.1 Å². The number of benzene rings is 1. The number of hydrogen-bond donors (Lipinski definition) is 2. The molecular weight excluding hydrogens is 286 g/mol. The molecule has 0 saturated heterocycles. The SMILES string of the molecule is O=S(=O)(c1ccc(NCCCNC2CC2)cc1)C(F)F. The Morgan fingerprint density at radius 1 is 1.15 bits per heavy atom. The molecule has 2 N–H and O–H groups in total. The molecule has 0 atom stereocenters. The summed E-state index contributed by atoms with van der Waals surface area (Å²) >= 11 is 0. The van der Waals surface area contributed by atoms with Gasteiger partial charge in [0.15, 0.2) is 0 Å². The van der Waals surface area contributed by atoms with Gasteiger partial charge >= 0.3 is 5.76 Å². The van der Waals surface area contributed by atoms with Crippen LogP contribution in [0.25, 0.3) is 0 Å². The van der Waals surface area contributed by atoms with Gasteiger partial charge in [-0.25, -0.2) is 8.42 Å². The van der Waals surface area contributed by atoms with Crippen LogP contribution < -0.4 is 10.6 Å². The van der Waals surface area contributed by atoms with Crippen molar-refractivity contribution in [3.05, 3.63) is 24.3 Å². The summed E-state index contributed by atoms with van der Waals surface area (Å²) in [7, 11) is -4.50. The third-order valence-corrected chi connectivity index (χ3v) is 4.51. The van der Waals surface area contributed by atoms with Crippen molar-refractivity contribution in [2.45, 2.75) is 36.0 Å². The third-order valence-electron chi connectivity index (χ3n) is 3.11. The largest absolute Gasteiger partial charge is 0.385 e. The first-order valence-corrected chi connectivity index (χ1v) is 8.14. The molecule has 1 fully saturated rings. The first-order chi connectivity index (χ1) is 9.50. The van der Waals surface area contributed by atoms with Crippen molar-refractivity contribution in [3.8, 4) is 0 Å². The highest BCUT2D eigenvalue weighted by molar-refractivity contribution is 7.91. The first-order valence-electron chi connectivity index (χ1n) is 6.59. The molecule has 7 heteroatoms. The normalized spacial score (nSPS) is 15.6. The van der Waals surface area contributed by atoms with Crippen LogP contribution in [-0.2, 0) is 9.84 Å². The van der Waals surface area contributed by atoms with Crippen LogP contribution in [0.3, 0.4) is 0 Å². The Morgan fingerprint density at radius 3 is 2.35 bits per heavy atom. The number of rotatable bonds is 8. The average molecular weight is 304 g/mol. The molecule has 1 aliphatic rings. The molecule has 0 unspecified atom stereocenters. The van der Waals surface area contributed by atoms with Crippen LogP contribution in [0, 0.1) is 0 Å². The van der Waals surface area contributed by atoms with Crippen molar-refractivity contribution in [2.75, 3.05) is 18.4 Å². The summed E-state index contributed by atoms with van der Waals surface area (Å²) in [5, 5.41) is 6.51. The van der Waals surface area contributed by atoms with Gasteiger partial charge in [0, 0.05) is 18.3 Å². The lowest BCUT2D eigenvalue weighted by atomic mass is 10.3. The molecule has 2 rings (SSSR count). The van der Waals surface area contributed by atoms with Gasteiger partial charge in [0.1, 0.15) is 0 Å². The zero-order valence-corrected chi connectivity index (χ0v) is 11.8. The molecule has 4 nitrogen and oxygen atoms in total. The number of halogens is 2. The van der Waals surface area contributed by atoms with Crippen molar-refractivity contribution >= 4 is 15.5 Å². The fraction of sp³-hybridized carbons (Fsp3) is 0.538. The summed E-state index contributed by atoms with van der Waals surface area (Å²) in [6, 6.07) is 6.10. The third kappa shape index (κ3) is 4.14. The summed E-state index contributed by atoms with van der Waals surface area (Å²) in [5.74, 6) is -3.38. The van der Waals surface area contributed by atoms with E-state index >= 15 is 0 Å². The van der Waals surface area contributed by atoms with Gasteiger partial charge in [-0.15, -0.1) is 0 Å². The molecule has 1 aliphatic carbocycles. The molecule has 0 radical (unpaired) electrons. The summed E-state index contributed by atoms with van der Waals surface area (Å²) in [4.78, 5) is -0.353. The molecule has 1 aromatic carbocycles. The molecule has 1 aromatic rings. The van der Waals surface area contributed by atoms with E-state index in [9.17, 15) is 17.2 Å². The molecule has 0 aromatic heterocycles. The predicted molar refractivity (Wildman–Crippen MR) is 73.8 cm³/mol. The first kappa shape index (κ1) is 15.2. The van der Waals surface area contributed by atoms with Crippen molar-refractivity contribution in [1.29, 1.82) is 0 Å². The van der Waals surface area contributed by atoms with Gasteiger partial charge in [-0.1, -0.05) is 0 Å². The number of nitrogens with one attached hydrogen (secondary N) is 2. The van der Waals surface area contributed by atoms with Crippen LogP contribution in [0.5, 0.6) is 0 Å². The Balaban J connectivity index is 1.78. The van der Waals surface area contributed by atoms with Gasteiger partial charge in [-0.3, -0.25) is 0 Å². The van der Waals surface area contributed by atoms with E-state index in [1.165, 1.54) is 37.1 Å². The molecule has 0 spiro atoms. The van der Waals surface area contributed by atoms with E-state index < -0.39 is 15.6 Å². The van der Waals surface area contributed by atoms with E-state index in [-0.39, 0.29) is 4.90 Å². The Kier molecular flexibility index (Phi) is 4.93. The molecule has 0 heterocycles. The number of anilines is 1. The Hall–Kier alpha value is -1.21. The number of sulfone groups is 1. The van der Waals surface area contributed by atoms with E-state index in [1.54, 1.807) is 0 Å². The summed E-state index contributed by atoms with van der Waals surface area (Å²) in [6.07, 6.45) is 3.47. The van der Waals surface area contributed by atoms with Gasteiger partial charge < -0.3 is 10.6 Å². The van der Waals surface area contributed by atoms with Gasteiger partial charge in [0.2, 0.25) is 9.84 Å². The molecular formula is C13H18F2N2O2S. The minimum Gasteiger partial charge on any atom is -0.385 e. The Bertz CT molecular complexity index is 528. The Labute approximate surface area is 117 Å². The lowest BCUT2D eigenvalue weighted by molar-refractivity contribution is 0.234. The topological polar surface area (TPSA) is 58.2 Å². The fourth-order valence-electron chi connectivity index (χ4n) is 1.78. The van der Waals surface area contributed by atoms with E-state index in [1.807, 2.05) is 0 Å². The molecule has 0 aliphatic heterocycles. The van der Waals surface area contributed by atoms with Crippen molar-refractivity contribution in [3.63, 3.8) is 0 Å². The minimum atomic E-state index is -4.50. The highest BCUT2D eigenvalue weighted by Crippen LogP contribution is 2.20. The van der Waals surface area contributed by atoms with E-state index in [2.05, 4.69) is 10.6 Å². The average Bonchev–Trinajstić information content (AvgIpc) is 3.23. The van der Waals surface area contributed by atoms with Crippen LogP contribution >= 0.6 is 0 Å². The predicted octanol–water partition coefficient (Wildman–Crippen LogP) is 2.24. The van der Waals surface area contributed by atoms with Crippen LogP contribution in [-0.4, -0.2) is 33.3 Å². The highest BCUT2D eigenvalue weighted by atomic mass is 32.2. The Morgan fingerprint density at radius 2 is 1.80 bits per heavy atom. The lowest BCUT2D eigenvalue weighted by Gasteiger charge is -2.08. The van der Waals surface area contributed by atoms with E-state index in [0.717, 1.165) is 25.2 Å². The number of alkyl halides is 2. The lowest BCUT2D eigenvalue weighted by Crippen LogP contribution is -2.19. The second-order valence-corrected chi connectivity index (χ2v) is 6.76. The zero-order chi connectivity index (χ0) is 14.6. The zero-order valence-electron chi connectivity index (χ0n) is 11.0. The summed E-state index contributed by atoms with van der Waals surface area (Å²) < 4.78 is 47.2. The maximum atomic E-state index is 12.3.